The van der Waals surface area contributed by atoms with Gasteiger partial charge in [-0.05, 0) is 31.0 Å². The number of aliphatic hydroxyl groups is 1. The molecule has 3 N–H and O–H groups in total. The van der Waals surface area contributed by atoms with Crippen LogP contribution < -0.4 is 5.73 Å². The molecule has 1 aliphatic carbocycles. The minimum Gasteiger partial charge on any atom is -0.388 e. The zero-order valence-corrected chi connectivity index (χ0v) is 11.8. The van der Waals surface area contributed by atoms with Gasteiger partial charge in [0.05, 0.1) is 6.10 Å². The number of nitrogens with two attached hydrogens (primary N) is 1. The van der Waals surface area contributed by atoms with Crippen LogP contribution in [-0.2, 0) is 0 Å². The molecule has 4 heteroatoms. The molecule has 18 heavy (non-hydrogen) atoms. The van der Waals surface area contributed by atoms with Gasteiger partial charge in [-0.1, -0.05) is 42.5 Å². The Morgan fingerprint density at radius 2 is 1.89 bits per heavy atom. The predicted molar refractivity (Wildman–Crippen MR) is 76.0 cm³/mol. The lowest BCUT2D eigenvalue weighted by atomic mass is 9.68. The molecule has 0 radical (unpaired) electrons. The van der Waals surface area contributed by atoms with Crippen LogP contribution in [0.15, 0.2) is 18.2 Å². The molecule has 0 spiro atoms. The molecule has 0 aliphatic heterocycles. The first-order chi connectivity index (χ1) is 8.59. The molecule has 0 saturated heterocycles. The van der Waals surface area contributed by atoms with Crippen LogP contribution in [0.25, 0.3) is 0 Å². The highest BCUT2D eigenvalue weighted by Crippen LogP contribution is 2.47. The maximum absolute atomic E-state index is 10.7. The van der Waals surface area contributed by atoms with Gasteiger partial charge >= 0.3 is 0 Å². The summed E-state index contributed by atoms with van der Waals surface area (Å²) in [6.07, 6.45) is 4.73. The molecular weight excluding hydrogens is 269 g/mol. The monoisotopic (exact) mass is 287 g/mol. The third kappa shape index (κ3) is 2.67. The second kappa shape index (κ2) is 5.79. The standard InChI is InChI=1S/C14H19Cl2NO/c15-10-4-5-12(16)11(8-10)13(18)14(9-17)6-2-1-3-7-14/h4-5,8,13,18H,1-3,6-7,9,17H2. The lowest BCUT2D eigenvalue weighted by Gasteiger charge is -2.40. The molecule has 2 rings (SSSR count). The van der Waals surface area contributed by atoms with Gasteiger partial charge in [0, 0.05) is 27.6 Å². The van der Waals surface area contributed by atoms with Crippen molar-refractivity contribution in [1.29, 1.82) is 0 Å². The number of aliphatic hydroxyl groups excluding tert-OH is 1. The van der Waals surface area contributed by atoms with Crippen LogP contribution in [0.1, 0.15) is 43.8 Å². The molecule has 100 valence electrons. The van der Waals surface area contributed by atoms with E-state index in [1.807, 2.05) is 0 Å². The van der Waals surface area contributed by atoms with Crippen LogP contribution in [-0.4, -0.2) is 11.7 Å². The van der Waals surface area contributed by atoms with Crippen molar-refractivity contribution in [2.24, 2.45) is 11.1 Å². The number of hydrogen-bond acceptors (Lipinski definition) is 2. The fourth-order valence-corrected chi connectivity index (χ4v) is 3.30. The molecular formula is C14H19Cl2NO. The lowest BCUT2D eigenvalue weighted by Crippen LogP contribution is -2.38. The quantitative estimate of drug-likeness (QED) is 0.885. The van der Waals surface area contributed by atoms with E-state index in [2.05, 4.69) is 0 Å². The van der Waals surface area contributed by atoms with E-state index in [0.717, 1.165) is 25.7 Å². The topological polar surface area (TPSA) is 46.2 Å². The zero-order chi connectivity index (χ0) is 13.2. The van der Waals surface area contributed by atoms with E-state index in [9.17, 15) is 5.11 Å². The second-order valence-corrected chi connectivity index (χ2v) is 6.04. The van der Waals surface area contributed by atoms with E-state index in [1.165, 1.54) is 6.42 Å². The molecule has 1 aromatic rings. The third-order valence-electron chi connectivity index (χ3n) is 4.09. The van der Waals surface area contributed by atoms with Crippen molar-refractivity contribution in [1.82, 2.24) is 0 Å². The molecule has 1 fully saturated rings. The molecule has 1 atom stereocenters. The Morgan fingerprint density at radius 3 is 2.50 bits per heavy atom. The van der Waals surface area contributed by atoms with Gasteiger partial charge in [0.15, 0.2) is 0 Å². The maximum atomic E-state index is 10.7. The summed E-state index contributed by atoms with van der Waals surface area (Å²) in [5.41, 5.74) is 6.39. The largest absolute Gasteiger partial charge is 0.388 e. The highest BCUT2D eigenvalue weighted by molar-refractivity contribution is 6.33. The highest BCUT2D eigenvalue weighted by Gasteiger charge is 2.39. The van der Waals surface area contributed by atoms with Gasteiger partial charge in [-0.3, -0.25) is 0 Å². The summed E-state index contributed by atoms with van der Waals surface area (Å²) < 4.78 is 0. The van der Waals surface area contributed by atoms with Gasteiger partial charge in [-0.15, -0.1) is 0 Å². The fourth-order valence-electron chi connectivity index (χ4n) is 2.90. The number of rotatable bonds is 3. The van der Waals surface area contributed by atoms with E-state index in [1.54, 1.807) is 18.2 Å². The van der Waals surface area contributed by atoms with E-state index in [-0.39, 0.29) is 5.41 Å². The number of hydrogen-bond donors (Lipinski definition) is 2. The van der Waals surface area contributed by atoms with Crippen molar-refractivity contribution in [3.63, 3.8) is 0 Å². The summed E-state index contributed by atoms with van der Waals surface area (Å²) in [5, 5.41) is 11.8. The maximum Gasteiger partial charge on any atom is 0.0873 e. The van der Waals surface area contributed by atoms with E-state index >= 15 is 0 Å². The van der Waals surface area contributed by atoms with Crippen LogP contribution in [0, 0.1) is 5.41 Å². The summed E-state index contributed by atoms with van der Waals surface area (Å²) in [7, 11) is 0. The SMILES string of the molecule is NCC1(C(O)c2cc(Cl)ccc2Cl)CCCCC1. The Labute approximate surface area is 118 Å². The molecule has 2 nitrogen and oxygen atoms in total. The Hall–Kier alpha value is -0.280. The summed E-state index contributed by atoms with van der Waals surface area (Å²) in [5.74, 6) is 0. The summed E-state index contributed by atoms with van der Waals surface area (Å²) in [4.78, 5) is 0. The van der Waals surface area contributed by atoms with Crippen LogP contribution in [0.5, 0.6) is 0 Å². The van der Waals surface area contributed by atoms with Crippen LogP contribution in [0.3, 0.4) is 0 Å². The van der Waals surface area contributed by atoms with Crippen molar-refractivity contribution in [3.8, 4) is 0 Å². The molecule has 0 aromatic heterocycles. The average molecular weight is 288 g/mol. The summed E-state index contributed by atoms with van der Waals surface area (Å²) >= 11 is 12.2. The van der Waals surface area contributed by atoms with Crippen molar-refractivity contribution in [2.75, 3.05) is 6.54 Å². The molecule has 1 aliphatic rings. The van der Waals surface area contributed by atoms with Crippen molar-refractivity contribution in [2.45, 2.75) is 38.2 Å². The highest BCUT2D eigenvalue weighted by atomic mass is 35.5. The summed E-state index contributed by atoms with van der Waals surface area (Å²) in [6.45, 7) is 0.483. The van der Waals surface area contributed by atoms with Gasteiger partial charge < -0.3 is 10.8 Å². The average Bonchev–Trinajstić information content (AvgIpc) is 2.41. The second-order valence-electron chi connectivity index (χ2n) is 5.20. The number of benzene rings is 1. The molecule has 0 amide bonds. The van der Waals surface area contributed by atoms with Crippen LogP contribution in [0.4, 0.5) is 0 Å². The van der Waals surface area contributed by atoms with E-state index in [0.29, 0.717) is 22.2 Å². The molecule has 0 bridgehead atoms. The first-order valence-corrected chi connectivity index (χ1v) is 7.18. The molecule has 1 unspecified atom stereocenters. The Bertz CT molecular complexity index is 416. The van der Waals surface area contributed by atoms with Gasteiger partial charge in [-0.25, -0.2) is 0 Å². The minimum absolute atomic E-state index is 0.243. The first kappa shape index (κ1) is 14.1. The zero-order valence-electron chi connectivity index (χ0n) is 10.3. The molecule has 1 saturated carbocycles. The van der Waals surface area contributed by atoms with Gasteiger partial charge in [0.1, 0.15) is 0 Å². The van der Waals surface area contributed by atoms with Crippen LogP contribution in [0.2, 0.25) is 10.0 Å². The predicted octanol–water partition coefficient (Wildman–Crippen LogP) is 3.94. The first-order valence-electron chi connectivity index (χ1n) is 6.42. The minimum atomic E-state index is -0.631. The van der Waals surface area contributed by atoms with Crippen LogP contribution >= 0.6 is 23.2 Å². The smallest absolute Gasteiger partial charge is 0.0873 e. The molecule has 0 heterocycles. The Morgan fingerprint density at radius 1 is 1.22 bits per heavy atom. The molecule has 1 aromatic carbocycles. The third-order valence-corrected chi connectivity index (χ3v) is 4.67. The van der Waals surface area contributed by atoms with Gasteiger partial charge in [0.2, 0.25) is 0 Å². The van der Waals surface area contributed by atoms with E-state index < -0.39 is 6.10 Å². The lowest BCUT2D eigenvalue weighted by molar-refractivity contribution is 0.000770. The van der Waals surface area contributed by atoms with E-state index in [4.69, 9.17) is 28.9 Å². The van der Waals surface area contributed by atoms with Crippen molar-refractivity contribution >= 4 is 23.2 Å². The Balaban J connectivity index is 2.33. The fraction of sp³-hybridized carbons (Fsp3) is 0.571. The Kier molecular flexibility index (Phi) is 4.54. The van der Waals surface area contributed by atoms with Crippen molar-refractivity contribution in [3.05, 3.63) is 33.8 Å². The number of halogens is 2. The van der Waals surface area contributed by atoms with Gasteiger partial charge in [-0.2, -0.15) is 0 Å². The van der Waals surface area contributed by atoms with Crippen molar-refractivity contribution < 1.29 is 5.11 Å². The summed E-state index contributed by atoms with van der Waals surface area (Å²) in [6, 6.07) is 5.21. The normalized spacial score (nSPS) is 20.7. The van der Waals surface area contributed by atoms with Gasteiger partial charge in [0.25, 0.3) is 0 Å².